The topological polar surface area (TPSA) is 33.7 Å². The molecule has 0 radical (unpaired) electrons. The molecule has 2 heterocycles. The molecule has 1 N–H and O–H groups in total. The monoisotopic (exact) mass is 298 g/mol. The number of morpholine rings is 1. The Hall–Kier alpha value is -0.160. The van der Waals surface area contributed by atoms with Crippen LogP contribution in [-0.4, -0.2) is 62.0 Å². The van der Waals surface area contributed by atoms with Crippen molar-refractivity contribution in [3.05, 3.63) is 0 Å². The lowest BCUT2D eigenvalue weighted by atomic mass is 9.87. The fourth-order valence-electron chi connectivity index (χ4n) is 3.61. The Morgan fingerprint density at radius 2 is 2.00 bits per heavy atom. The molecule has 2 aliphatic rings. The molecule has 2 saturated heterocycles. The van der Waals surface area contributed by atoms with Crippen LogP contribution in [0.15, 0.2) is 0 Å². The third kappa shape index (κ3) is 4.92. The highest BCUT2D eigenvalue weighted by Crippen LogP contribution is 2.26. The summed E-state index contributed by atoms with van der Waals surface area (Å²) >= 11 is 0. The third-order valence-corrected chi connectivity index (χ3v) is 5.12. The van der Waals surface area contributed by atoms with Crippen LogP contribution in [-0.2, 0) is 9.47 Å². The summed E-state index contributed by atoms with van der Waals surface area (Å²) in [6.45, 7) is 12.9. The summed E-state index contributed by atoms with van der Waals surface area (Å²) in [6.07, 6.45) is 6.57. The van der Waals surface area contributed by atoms with E-state index in [-0.39, 0.29) is 5.54 Å². The molecular weight excluding hydrogens is 264 g/mol. The van der Waals surface area contributed by atoms with Gasteiger partial charge in [-0.2, -0.15) is 0 Å². The Bertz CT molecular complexity index is 285. The molecule has 2 atom stereocenters. The maximum absolute atomic E-state index is 5.80. The van der Waals surface area contributed by atoms with Crippen LogP contribution in [0.25, 0.3) is 0 Å². The van der Waals surface area contributed by atoms with Gasteiger partial charge in [-0.1, -0.05) is 6.92 Å². The Labute approximate surface area is 130 Å². The maximum atomic E-state index is 5.80. The average molecular weight is 298 g/mol. The highest BCUT2D eigenvalue weighted by Gasteiger charge is 2.36. The van der Waals surface area contributed by atoms with Crippen LogP contribution in [0.3, 0.4) is 0 Å². The Balaban J connectivity index is 1.91. The van der Waals surface area contributed by atoms with Gasteiger partial charge in [0.1, 0.15) is 0 Å². The molecule has 0 amide bonds. The quantitative estimate of drug-likeness (QED) is 0.746. The fourth-order valence-corrected chi connectivity index (χ4v) is 3.61. The van der Waals surface area contributed by atoms with Crippen LogP contribution >= 0.6 is 0 Å². The van der Waals surface area contributed by atoms with Gasteiger partial charge in [0, 0.05) is 31.3 Å². The summed E-state index contributed by atoms with van der Waals surface area (Å²) in [6, 6.07) is 0.528. The van der Waals surface area contributed by atoms with Gasteiger partial charge in [-0.05, 0) is 52.5 Å². The molecule has 0 spiro atoms. The van der Waals surface area contributed by atoms with Crippen molar-refractivity contribution in [1.82, 2.24) is 10.2 Å². The molecule has 4 nitrogen and oxygen atoms in total. The van der Waals surface area contributed by atoms with Crippen molar-refractivity contribution in [2.45, 2.75) is 70.6 Å². The summed E-state index contributed by atoms with van der Waals surface area (Å²) < 4.78 is 11.3. The van der Waals surface area contributed by atoms with Crippen molar-refractivity contribution in [3.8, 4) is 0 Å². The van der Waals surface area contributed by atoms with Gasteiger partial charge >= 0.3 is 0 Å². The maximum Gasteiger partial charge on any atom is 0.0594 e. The van der Waals surface area contributed by atoms with Crippen LogP contribution < -0.4 is 5.32 Å². The van der Waals surface area contributed by atoms with Crippen LogP contribution in [0.5, 0.6) is 0 Å². The lowest BCUT2D eigenvalue weighted by Crippen LogP contribution is -2.60. The average Bonchev–Trinajstić information content (AvgIpc) is 3.01. The molecule has 0 aromatic carbocycles. The van der Waals surface area contributed by atoms with Gasteiger partial charge in [-0.25, -0.2) is 0 Å². The normalized spacial score (nSPS) is 26.1. The molecule has 2 aliphatic heterocycles. The predicted molar refractivity (Wildman–Crippen MR) is 86.8 cm³/mol. The number of hydrogen-bond acceptors (Lipinski definition) is 4. The van der Waals surface area contributed by atoms with Gasteiger partial charge in [0.2, 0.25) is 0 Å². The zero-order chi connectivity index (χ0) is 15.1. The fraction of sp³-hybridized carbons (Fsp3) is 1.00. The van der Waals surface area contributed by atoms with E-state index >= 15 is 0 Å². The lowest BCUT2D eigenvalue weighted by Gasteiger charge is -2.46. The van der Waals surface area contributed by atoms with Gasteiger partial charge in [0.05, 0.1) is 19.3 Å². The van der Waals surface area contributed by atoms with Crippen LogP contribution in [0.1, 0.15) is 52.9 Å². The van der Waals surface area contributed by atoms with Crippen LogP contribution in [0, 0.1) is 0 Å². The molecule has 0 bridgehead atoms. The molecule has 2 rings (SSSR count). The first-order chi connectivity index (χ1) is 10.1. The molecular formula is C17H34N2O2. The first kappa shape index (κ1) is 17.2. The molecule has 0 aromatic rings. The lowest BCUT2D eigenvalue weighted by molar-refractivity contribution is -0.0262. The van der Waals surface area contributed by atoms with E-state index in [1.54, 1.807) is 0 Å². The van der Waals surface area contributed by atoms with Gasteiger partial charge in [0.25, 0.3) is 0 Å². The van der Waals surface area contributed by atoms with Crippen molar-refractivity contribution in [2.24, 2.45) is 0 Å². The number of hydrogen-bond donors (Lipinski definition) is 1. The second-order valence-corrected chi connectivity index (χ2v) is 6.97. The van der Waals surface area contributed by atoms with Gasteiger partial charge in [-0.3, -0.25) is 4.90 Å². The van der Waals surface area contributed by atoms with Crippen molar-refractivity contribution in [3.63, 3.8) is 0 Å². The van der Waals surface area contributed by atoms with Crippen molar-refractivity contribution in [1.29, 1.82) is 0 Å². The number of ether oxygens (including phenoxy) is 2. The Morgan fingerprint density at radius 1 is 1.24 bits per heavy atom. The first-order valence-electron chi connectivity index (χ1n) is 8.82. The van der Waals surface area contributed by atoms with Crippen molar-refractivity contribution >= 4 is 0 Å². The second kappa shape index (κ2) is 8.47. The first-order valence-corrected chi connectivity index (χ1v) is 8.82. The van der Waals surface area contributed by atoms with Crippen molar-refractivity contribution < 1.29 is 9.47 Å². The van der Waals surface area contributed by atoms with Crippen LogP contribution in [0.2, 0.25) is 0 Å². The zero-order valence-electron chi connectivity index (χ0n) is 14.2. The number of nitrogens with zero attached hydrogens (tertiary/aromatic N) is 1. The molecule has 0 aromatic heterocycles. The van der Waals surface area contributed by atoms with E-state index in [2.05, 4.69) is 31.0 Å². The highest BCUT2D eigenvalue weighted by atomic mass is 16.5. The summed E-state index contributed by atoms with van der Waals surface area (Å²) in [7, 11) is 0. The summed E-state index contributed by atoms with van der Waals surface area (Å²) in [5.41, 5.74) is 0.178. The summed E-state index contributed by atoms with van der Waals surface area (Å²) in [5.74, 6) is 0. The van der Waals surface area contributed by atoms with Gasteiger partial charge in [0.15, 0.2) is 0 Å². The van der Waals surface area contributed by atoms with E-state index in [4.69, 9.17) is 9.47 Å². The van der Waals surface area contributed by atoms with Gasteiger partial charge in [-0.15, -0.1) is 0 Å². The van der Waals surface area contributed by atoms with Crippen molar-refractivity contribution in [2.75, 3.05) is 39.5 Å². The summed E-state index contributed by atoms with van der Waals surface area (Å²) in [5, 5.41) is 3.79. The van der Waals surface area contributed by atoms with E-state index in [0.717, 1.165) is 39.5 Å². The molecule has 124 valence electrons. The second-order valence-electron chi connectivity index (χ2n) is 6.97. The van der Waals surface area contributed by atoms with E-state index in [0.29, 0.717) is 12.1 Å². The summed E-state index contributed by atoms with van der Waals surface area (Å²) in [4.78, 5) is 2.60. The minimum atomic E-state index is 0.178. The molecule has 2 unspecified atom stereocenters. The molecule has 0 aliphatic carbocycles. The minimum Gasteiger partial charge on any atom is -0.379 e. The number of rotatable bonds is 8. The van der Waals surface area contributed by atoms with E-state index < -0.39 is 0 Å². The Kier molecular flexibility index (Phi) is 6.93. The smallest absolute Gasteiger partial charge is 0.0594 e. The SMILES string of the molecule is CCCNC(CCC1CCCO1)C(C)(C)N1CCOCC1. The predicted octanol–water partition coefficient (Wildman–Crippen LogP) is 2.42. The van der Waals surface area contributed by atoms with E-state index in [9.17, 15) is 0 Å². The highest BCUT2D eigenvalue weighted by molar-refractivity contribution is 4.94. The molecule has 2 fully saturated rings. The van der Waals surface area contributed by atoms with Crippen LogP contribution in [0.4, 0.5) is 0 Å². The standard InChI is InChI=1S/C17H34N2O2/c1-4-9-18-16(8-7-15-6-5-12-21-15)17(2,3)19-10-13-20-14-11-19/h15-16,18H,4-14H2,1-3H3. The third-order valence-electron chi connectivity index (χ3n) is 5.12. The van der Waals surface area contributed by atoms with E-state index in [1.807, 2.05) is 0 Å². The minimum absolute atomic E-state index is 0.178. The molecule has 21 heavy (non-hydrogen) atoms. The van der Waals surface area contributed by atoms with Gasteiger partial charge < -0.3 is 14.8 Å². The molecule has 4 heteroatoms. The van der Waals surface area contributed by atoms with E-state index in [1.165, 1.54) is 32.1 Å². The zero-order valence-corrected chi connectivity index (χ0v) is 14.2. The largest absolute Gasteiger partial charge is 0.379 e. The Morgan fingerprint density at radius 3 is 2.62 bits per heavy atom. The number of nitrogens with one attached hydrogen (secondary N) is 1. The molecule has 0 saturated carbocycles.